The maximum Gasteiger partial charge on any atom is 0.304 e. The van der Waals surface area contributed by atoms with Gasteiger partial charge in [-0.3, -0.25) is 15.1 Å². The van der Waals surface area contributed by atoms with Gasteiger partial charge in [0.25, 0.3) is 0 Å². The molecule has 6 nitrogen and oxygen atoms in total. The van der Waals surface area contributed by atoms with Gasteiger partial charge in [0, 0.05) is 17.3 Å². The molecule has 0 aliphatic carbocycles. The zero-order chi connectivity index (χ0) is 17.3. The Morgan fingerprint density at radius 3 is 2.75 bits per heavy atom. The zero-order valence-electron chi connectivity index (χ0n) is 12.4. The fourth-order valence-electron chi connectivity index (χ4n) is 2.37. The molecule has 122 valence electrons. The highest BCUT2D eigenvalue weighted by molar-refractivity contribution is 14.2. The second-order valence-corrected chi connectivity index (χ2v) is 7.03. The minimum atomic E-state index is -0.870. The van der Waals surface area contributed by atoms with Gasteiger partial charge in [-0.25, -0.2) is 4.45 Å². The molecular weight excluding hydrogens is 445 g/mol. The first-order chi connectivity index (χ1) is 11.5. The summed E-state index contributed by atoms with van der Waals surface area (Å²) in [4.78, 5) is 14.6. The Morgan fingerprint density at radius 1 is 1.33 bits per heavy atom. The molecule has 0 spiro atoms. The van der Waals surface area contributed by atoms with E-state index in [0.29, 0.717) is 17.5 Å². The third kappa shape index (κ3) is 3.16. The smallest absolute Gasteiger partial charge is 0.258 e. The Kier molecular flexibility index (Phi) is 4.86. The molecule has 0 aliphatic rings. The van der Waals surface area contributed by atoms with Crippen LogP contribution in [0.1, 0.15) is 5.69 Å². The van der Waals surface area contributed by atoms with Crippen LogP contribution in [0, 0.1) is 22.9 Å². The van der Waals surface area contributed by atoms with Gasteiger partial charge in [0.2, 0.25) is 5.82 Å². The molecule has 0 fully saturated rings. The van der Waals surface area contributed by atoms with Gasteiger partial charge in [-0.1, -0.05) is 6.07 Å². The Balaban J connectivity index is 2.18. The monoisotopic (exact) mass is 456 g/mol. The number of hydrogen-bond acceptors (Lipinski definition) is 4. The molecule has 1 unspecified atom stereocenters. The van der Waals surface area contributed by atoms with Crippen LogP contribution in [-0.2, 0) is 0 Å². The van der Waals surface area contributed by atoms with Crippen molar-refractivity contribution >= 4 is 34.1 Å². The second-order valence-electron chi connectivity index (χ2n) is 4.99. The van der Waals surface area contributed by atoms with Gasteiger partial charge in [0.15, 0.2) is 0 Å². The molecule has 1 aromatic carbocycles. The van der Waals surface area contributed by atoms with E-state index in [9.17, 15) is 14.5 Å². The first kappa shape index (κ1) is 16.9. The number of aryl methyl sites for hydroxylation is 1. The molecule has 0 bridgehead atoms. The van der Waals surface area contributed by atoms with E-state index < -0.39 is 16.4 Å². The van der Waals surface area contributed by atoms with Gasteiger partial charge < -0.3 is 0 Å². The van der Waals surface area contributed by atoms with Crippen molar-refractivity contribution in [2.45, 2.75) is 6.92 Å². The summed E-state index contributed by atoms with van der Waals surface area (Å²) in [6.45, 7) is 1.89. The van der Waals surface area contributed by atoms with Crippen LogP contribution in [-0.4, -0.2) is 19.5 Å². The number of benzene rings is 1. The van der Waals surface area contributed by atoms with Crippen molar-refractivity contribution in [1.29, 1.82) is 0 Å². The van der Waals surface area contributed by atoms with Gasteiger partial charge >= 0.3 is 5.69 Å². The van der Waals surface area contributed by atoms with Gasteiger partial charge in [0.05, 0.1) is 28.9 Å². The van der Waals surface area contributed by atoms with E-state index in [4.69, 9.17) is 0 Å². The van der Waals surface area contributed by atoms with Gasteiger partial charge in [-0.2, -0.15) is 9.49 Å². The van der Waals surface area contributed by atoms with Gasteiger partial charge in [0.1, 0.15) is 0 Å². The molecule has 3 rings (SSSR count). The molecule has 3 aromatic rings. The minimum Gasteiger partial charge on any atom is -0.258 e. The number of aromatic nitrogens is 3. The van der Waals surface area contributed by atoms with Crippen LogP contribution in [0.2, 0.25) is 0 Å². The van der Waals surface area contributed by atoms with Crippen molar-refractivity contribution in [3.05, 3.63) is 64.2 Å². The van der Waals surface area contributed by atoms with Crippen LogP contribution in [0.25, 0.3) is 22.5 Å². The van der Waals surface area contributed by atoms with Crippen molar-refractivity contribution < 1.29 is 9.31 Å². The van der Waals surface area contributed by atoms with E-state index in [0.717, 1.165) is 23.1 Å². The predicted molar refractivity (Wildman–Crippen MR) is 100.0 cm³/mol. The largest absolute Gasteiger partial charge is 0.304 e. The Labute approximate surface area is 151 Å². The minimum absolute atomic E-state index is 0.341. The average molecular weight is 456 g/mol. The van der Waals surface area contributed by atoms with Crippen molar-refractivity contribution in [2.75, 3.05) is 0 Å². The number of nitrogens with zero attached hydrogens (tertiary/aromatic N) is 4. The zero-order valence-corrected chi connectivity index (χ0v) is 15.6. The molecule has 24 heavy (non-hydrogen) atoms. The molecule has 2 aromatic heterocycles. The highest BCUT2D eigenvalue weighted by Gasteiger charge is 2.19. The molecule has 0 radical (unpaired) electrons. The van der Waals surface area contributed by atoms with E-state index in [1.807, 2.05) is 25.1 Å². The number of nitro benzene ring substituents is 1. The molecule has 9 heteroatoms. The van der Waals surface area contributed by atoms with Crippen molar-refractivity contribution in [3.8, 4) is 22.5 Å². The molecule has 0 saturated carbocycles. The molecule has 0 saturated heterocycles. The number of hydrogen-bond donors (Lipinski definition) is 0. The summed E-state index contributed by atoms with van der Waals surface area (Å²) in [5, 5.41) is 15.1. The van der Waals surface area contributed by atoms with Crippen LogP contribution in [0.4, 0.5) is 10.1 Å². The average Bonchev–Trinajstić information content (AvgIpc) is 2.98. The first-order valence-corrected chi connectivity index (χ1v) is 10.9. The maximum absolute atomic E-state index is 14.0. The lowest BCUT2D eigenvalue weighted by molar-refractivity contribution is -0.387. The van der Waals surface area contributed by atoms with Crippen molar-refractivity contribution in [3.63, 3.8) is 0 Å². The molecule has 0 aliphatic heterocycles. The van der Waals surface area contributed by atoms with Gasteiger partial charge in [-0.15, -0.1) is 0 Å². The summed E-state index contributed by atoms with van der Waals surface area (Å²) in [5.74, 6) is -0.870. The van der Waals surface area contributed by atoms with E-state index in [2.05, 4.69) is 32.1 Å². The van der Waals surface area contributed by atoms with Crippen LogP contribution in [0.15, 0.2) is 42.6 Å². The van der Waals surface area contributed by atoms with Crippen molar-refractivity contribution in [2.24, 2.45) is 0 Å². The molecule has 2 heterocycles. The first-order valence-electron chi connectivity index (χ1n) is 6.84. The van der Waals surface area contributed by atoms with E-state index in [1.54, 1.807) is 10.6 Å². The molecular formula is C15H11FIN4O2P. The van der Waals surface area contributed by atoms with Crippen LogP contribution in [0.5, 0.6) is 0 Å². The summed E-state index contributed by atoms with van der Waals surface area (Å²) in [5.41, 5.74) is 3.02. The lowest BCUT2D eigenvalue weighted by atomic mass is 10.0. The molecule has 0 amide bonds. The predicted octanol–water partition coefficient (Wildman–Crippen LogP) is 4.76. The number of pyridine rings is 1. The lowest BCUT2D eigenvalue weighted by Gasteiger charge is -2.08. The fraction of sp³-hybridized carbons (Fsp3) is 0.0667. The fourth-order valence-corrected chi connectivity index (χ4v) is 3.89. The second kappa shape index (κ2) is 6.90. The quantitative estimate of drug-likeness (QED) is 0.246. The number of nitro groups is 1. The third-order valence-corrected chi connectivity index (χ3v) is 5.31. The summed E-state index contributed by atoms with van der Waals surface area (Å²) in [6.07, 6.45) is 1.97. The van der Waals surface area contributed by atoms with E-state index >= 15 is 0 Å². The Bertz CT molecular complexity index is 932. The lowest BCUT2D eigenvalue weighted by Crippen LogP contribution is -1.95. The highest BCUT2D eigenvalue weighted by atomic mass is 127. The summed E-state index contributed by atoms with van der Waals surface area (Å²) < 4.78 is 15.8. The molecule has 1 atom stereocenters. The Hall–Kier alpha value is -1.93. The number of halogens is 2. The highest BCUT2D eigenvalue weighted by Crippen LogP contribution is 2.38. The number of rotatable bonds is 4. The van der Waals surface area contributed by atoms with Gasteiger partial charge in [-0.05, 0) is 58.8 Å². The topological polar surface area (TPSA) is 73.8 Å². The SMILES string of the molecule is Cc1cccc(-c2c(-c3ccc([N+](=O)[O-])c(F)c3)cnn2PI)n1. The third-order valence-electron chi connectivity index (χ3n) is 3.44. The summed E-state index contributed by atoms with van der Waals surface area (Å²) in [7, 11) is 0. The van der Waals surface area contributed by atoms with Crippen LogP contribution >= 0.6 is 28.4 Å². The summed E-state index contributed by atoms with van der Waals surface area (Å²) >= 11 is 2.20. The standard InChI is InChI=1S/C15H11FIN4O2P/c1-9-3-2-4-13(19-9)15-11(8-18-20(15)24-17)10-5-6-14(21(22)23)12(16)7-10/h2-8,24H,1H3. The van der Waals surface area contributed by atoms with E-state index in [1.165, 1.54) is 12.1 Å². The molecule has 0 N–H and O–H groups in total. The van der Waals surface area contributed by atoms with Crippen LogP contribution < -0.4 is 0 Å². The van der Waals surface area contributed by atoms with Crippen LogP contribution in [0.3, 0.4) is 0 Å². The normalized spacial score (nSPS) is 11.3. The van der Waals surface area contributed by atoms with E-state index in [-0.39, 0.29) is 0 Å². The Morgan fingerprint density at radius 2 is 2.12 bits per heavy atom. The summed E-state index contributed by atoms with van der Waals surface area (Å²) in [6, 6.07) is 9.50. The van der Waals surface area contributed by atoms with Crippen molar-refractivity contribution in [1.82, 2.24) is 14.5 Å². The maximum atomic E-state index is 14.0.